The van der Waals surface area contributed by atoms with Crippen molar-refractivity contribution in [3.63, 3.8) is 0 Å². The highest BCUT2D eigenvalue weighted by Gasteiger charge is 2.07. The summed E-state index contributed by atoms with van der Waals surface area (Å²) in [5.74, 6) is 1.64. The Morgan fingerprint density at radius 2 is 1.71 bits per heavy atom. The van der Waals surface area contributed by atoms with Gasteiger partial charge < -0.3 is 10.5 Å². The minimum Gasteiger partial charge on any atom is -0.456 e. The third-order valence-electron chi connectivity index (χ3n) is 2.63. The number of benzene rings is 2. The maximum absolute atomic E-state index is 5.87. The molecular weight excluding hydrogens is 278 g/mol. The number of rotatable bonds is 2. The summed E-state index contributed by atoms with van der Waals surface area (Å²) < 4.78 is 6.74. The van der Waals surface area contributed by atoms with Gasteiger partial charge >= 0.3 is 0 Å². The normalized spacial score (nSPS) is 10.3. The van der Waals surface area contributed by atoms with Crippen molar-refractivity contribution < 1.29 is 4.74 Å². The second-order valence-corrected chi connectivity index (χ2v) is 4.86. The summed E-state index contributed by atoms with van der Waals surface area (Å²) in [7, 11) is 0. The highest BCUT2D eigenvalue weighted by atomic mass is 79.9. The van der Waals surface area contributed by atoms with Crippen molar-refractivity contribution in [2.24, 2.45) is 0 Å². The molecule has 0 aliphatic heterocycles. The Bertz CT molecular complexity index is 552. The number of hydrogen-bond acceptors (Lipinski definition) is 2. The predicted molar refractivity (Wildman–Crippen MR) is 74.5 cm³/mol. The SMILES string of the molecule is Cc1cc(Oc2ccccc2C)c(Br)cc1N. The van der Waals surface area contributed by atoms with E-state index in [0.29, 0.717) is 0 Å². The lowest BCUT2D eigenvalue weighted by molar-refractivity contribution is 0.475. The van der Waals surface area contributed by atoms with E-state index in [0.717, 1.165) is 32.8 Å². The summed E-state index contributed by atoms with van der Waals surface area (Å²) in [5, 5.41) is 0. The van der Waals surface area contributed by atoms with Crippen molar-refractivity contribution in [1.82, 2.24) is 0 Å². The minimum absolute atomic E-state index is 0.758. The van der Waals surface area contributed by atoms with Crippen LogP contribution in [-0.2, 0) is 0 Å². The van der Waals surface area contributed by atoms with Gasteiger partial charge in [0.15, 0.2) is 0 Å². The maximum Gasteiger partial charge on any atom is 0.142 e. The molecule has 0 amide bonds. The van der Waals surface area contributed by atoms with Crippen LogP contribution in [0.2, 0.25) is 0 Å². The molecule has 2 aromatic rings. The van der Waals surface area contributed by atoms with Gasteiger partial charge in [0.2, 0.25) is 0 Å². The van der Waals surface area contributed by atoms with Crippen molar-refractivity contribution >= 4 is 21.6 Å². The van der Waals surface area contributed by atoms with Gasteiger partial charge in [0, 0.05) is 5.69 Å². The van der Waals surface area contributed by atoms with E-state index >= 15 is 0 Å². The molecule has 0 bridgehead atoms. The Labute approximate surface area is 110 Å². The smallest absolute Gasteiger partial charge is 0.142 e. The molecule has 88 valence electrons. The Balaban J connectivity index is 2.37. The predicted octanol–water partition coefficient (Wildman–Crippen LogP) is 4.44. The Morgan fingerprint density at radius 3 is 2.41 bits per heavy atom. The van der Waals surface area contributed by atoms with Gasteiger partial charge in [0.25, 0.3) is 0 Å². The molecule has 0 spiro atoms. The van der Waals surface area contributed by atoms with Crippen molar-refractivity contribution in [2.75, 3.05) is 5.73 Å². The quantitative estimate of drug-likeness (QED) is 0.830. The van der Waals surface area contributed by atoms with Crippen molar-refractivity contribution in [3.05, 3.63) is 52.0 Å². The molecule has 0 radical (unpaired) electrons. The molecule has 0 unspecified atom stereocenters. The number of hydrogen-bond donors (Lipinski definition) is 1. The molecule has 0 fully saturated rings. The number of para-hydroxylation sites is 1. The zero-order valence-electron chi connectivity index (χ0n) is 9.83. The second-order valence-electron chi connectivity index (χ2n) is 4.01. The standard InChI is InChI=1S/C14H14BrNO/c1-9-5-3-4-6-13(9)17-14-7-10(2)12(16)8-11(14)15/h3-8H,16H2,1-2H3. The molecule has 2 N–H and O–H groups in total. The molecular formula is C14H14BrNO. The lowest BCUT2D eigenvalue weighted by atomic mass is 10.2. The third-order valence-corrected chi connectivity index (χ3v) is 3.25. The summed E-state index contributed by atoms with van der Waals surface area (Å²) in [6, 6.07) is 11.7. The number of aryl methyl sites for hydroxylation is 2. The van der Waals surface area contributed by atoms with E-state index in [1.165, 1.54) is 0 Å². The van der Waals surface area contributed by atoms with Gasteiger partial charge in [-0.15, -0.1) is 0 Å². The average Bonchev–Trinajstić information content (AvgIpc) is 2.29. The Kier molecular flexibility index (Phi) is 3.38. The molecule has 0 aliphatic carbocycles. The fourth-order valence-electron chi connectivity index (χ4n) is 1.54. The van der Waals surface area contributed by atoms with E-state index < -0.39 is 0 Å². The van der Waals surface area contributed by atoms with Crippen LogP contribution in [0.1, 0.15) is 11.1 Å². The Morgan fingerprint density at radius 1 is 1.00 bits per heavy atom. The van der Waals surface area contributed by atoms with Crippen LogP contribution in [0.4, 0.5) is 5.69 Å². The first-order chi connectivity index (χ1) is 8.08. The molecule has 0 atom stereocenters. The van der Waals surface area contributed by atoms with Crippen molar-refractivity contribution in [1.29, 1.82) is 0 Å². The summed E-state index contributed by atoms with van der Waals surface area (Å²) >= 11 is 3.46. The van der Waals surface area contributed by atoms with Gasteiger partial charge in [-0.25, -0.2) is 0 Å². The zero-order valence-corrected chi connectivity index (χ0v) is 11.4. The molecule has 0 aliphatic rings. The van der Waals surface area contributed by atoms with Gasteiger partial charge in [-0.05, 0) is 59.1 Å². The third kappa shape index (κ3) is 2.61. The second kappa shape index (κ2) is 4.80. The van der Waals surface area contributed by atoms with E-state index in [9.17, 15) is 0 Å². The van der Waals surface area contributed by atoms with Gasteiger partial charge in [0.1, 0.15) is 11.5 Å². The minimum atomic E-state index is 0.758. The first-order valence-corrected chi connectivity index (χ1v) is 6.16. The van der Waals surface area contributed by atoms with Gasteiger partial charge in [-0.3, -0.25) is 0 Å². The lowest BCUT2D eigenvalue weighted by Gasteiger charge is -2.12. The summed E-state index contributed by atoms with van der Waals surface area (Å²) in [5.41, 5.74) is 8.70. The van der Waals surface area contributed by atoms with E-state index in [1.807, 2.05) is 50.2 Å². The van der Waals surface area contributed by atoms with Crippen LogP contribution in [0.25, 0.3) is 0 Å². The van der Waals surface area contributed by atoms with Gasteiger partial charge in [-0.1, -0.05) is 18.2 Å². The van der Waals surface area contributed by atoms with Crippen LogP contribution < -0.4 is 10.5 Å². The fourth-order valence-corrected chi connectivity index (χ4v) is 1.98. The molecule has 3 heteroatoms. The highest BCUT2D eigenvalue weighted by Crippen LogP contribution is 2.34. The monoisotopic (exact) mass is 291 g/mol. The highest BCUT2D eigenvalue weighted by molar-refractivity contribution is 9.10. The average molecular weight is 292 g/mol. The number of ether oxygens (including phenoxy) is 1. The Hall–Kier alpha value is -1.48. The molecule has 2 aromatic carbocycles. The number of halogens is 1. The van der Waals surface area contributed by atoms with Crippen LogP contribution in [0.15, 0.2) is 40.9 Å². The molecule has 17 heavy (non-hydrogen) atoms. The van der Waals surface area contributed by atoms with Gasteiger partial charge in [-0.2, -0.15) is 0 Å². The first-order valence-electron chi connectivity index (χ1n) is 5.37. The maximum atomic E-state index is 5.87. The van der Waals surface area contributed by atoms with Crippen LogP contribution in [0.3, 0.4) is 0 Å². The molecule has 0 saturated heterocycles. The van der Waals surface area contributed by atoms with Crippen LogP contribution in [-0.4, -0.2) is 0 Å². The topological polar surface area (TPSA) is 35.2 Å². The number of nitrogen functional groups attached to an aromatic ring is 1. The van der Waals surface area contributed by atoms with Gasteiger partial charge in [0.05, 0.1) is 4.47 Å². The summed E-state index contributed by atoms with van der Waals surface area (Å²) in [4.78, 5) is 0. The number of nitrogens with two attached hydrogens (primary N) is 1. The van der Waals surface area contributed by atoms with Crippen LogP contribution in [0, 0.1) is 13.8 Å². The lowest BCUT2D eigenvalue weighted by Crippen LogP contribution is -1.93. The largest absolute Gasteiger partial charge is 0.456 e. The number of anilines is 1. The van der Waals surface area contributed by atoms with E-state index in [2.05, 4.69) is 15.9 Å². The molecule has 2 nitrogen and oxygen atoms in total. The van der Waals surface area contributed by atoms with E-state index in [1.54, 1.807) is 0 Å². The van der Waals surface area contributed by atoms with E-state index in [4.69, 9.17) is 10.5 Å². The fraction of sp³-hybridized carbons (Fsp3) is 0.143. The summed E-state index contributed by atoms with van der Waals surface area (Å²) in [6.45, 7) is 3.99. The van der Waals surface area contributed by atoms with Crippen molar-refractivity contribution in [2.45, 2.75) is 13.8 Å². The van der Waals surface area contributed by atoms with Crippen LogP contribution in [0.5, 0.6) is 11.5 Å². The van der Waals surface area contributed by atoms with Crippen molar-refractivity contribution in [3.8, 4) is 11.5 Å². The summed E-state index contributed by atoms with van der Waals surface area (Å²) in [6.07, 6.45) is 0. The molecule has 0 heterocycles. The van der Waals surface area contributed by atoms with Crippen LogP contribution >= 0.6 is 15.9 Å². The zero-order chi connectivity index (χ0) is 12.4. The van der Waals surface area contributed by atoms with E-state index in [-0.39, 0.29) is 0 Å². The molecule has 0 aromatic heterocycles. The molecule has 0 saturated carbocycles. The first kappa shape index (κ1) is 12.0. The molecule has 2 rings (SSSR count).